The SMILES string of the molecule is COOc1ncc(Cl)c(OOC)c1OOC. The molecule has 1 aromatic rings. The molecule has 0 N–H and O–H groups in total. The normalized spacial score (nSPS) is 10.0. The van der Waals surface area contributed by atoms with Crippen LogP contribution in [0.1, 0.15) is 0 Å². The molecule has 1 aromatic heterocycles. The molecule has 0 amide bonds. The Hall–Kier alpha value is -1.28. The fraction of sp³-hybridized carbons (Fsp3) is 0.375. The summed E-state index contributed by atoms with van der Waals surface area (Å²) in [7, 11) is 3.92. The van der Waals surface area contributed by atoms with E-state index in [0.29, 0.717) is 0 Å². The van der Waals surface area contributed by atoms with Crippen molar-refractivity contribution in [1.82, 2.24) is 4.98 Å². The number of pyridine rings is 1. The Bertz CT molecular complexity index is 348. The molecule has 0 fully saturated rings. The van der Waals surface area contributed by atoms with Gasteiger partial charge in [0.25, 0.3) is 5.75 Å². The fourth-order valence-electron chi connectivity index (χ4n) is 0.894. The molecule has 0 radical (unpaired) electrons. The summed E-state index contributed by atoms with van der Waals surface area (Å²) in [6.07, 6.45) is 1.28. The molecule has 7 nitrogen and oxygen atoms in total. The summed E-state index contributed by atoms with van der Waals surface area (Å²) in [5.74, 6) is 0.0487. The van der Waals surface area contributed by atoms with E-state index >= 15 is 0 Å². The minimum absolute atomic E-state index is 0.00120. The van der Waals surface area contributed by atoms with Crippen LogP contribution in [0.25, 0.3) is 0 Å². The second-order valence-corrected chi connectivity index (χ2v) is 2.73. The van der Waals surface area contributed by atoms with Crippen LogP contribution in [0.3, 0.4) is 0 Å². The third-order valence-electron chi connectivity index (χ3n) is 1.41. The maximum absolute atomic E-state index is 5.82. The van der Waals surface area contributed by atoms with Gasteiger partial charge in [-0.05, 0) is 0 Å². The Kier molecular flexibility index (Phi) is 5.06. The van der Waals surface area contributed by atoms with Crippen LogP contribution in [0, 0.1) is 0 Å². The minimum Gasteiger partial charge on any atom is -0.332 e. The third kappa shape index (κ3) is 2.86. The maximum atomic E-state index is 5.82. The Morgan fingerprint density at radius 1 is 0.938 bits per heavy atom. The van der Waals surface area contributed by atoms with Crippen LogP contribution in [-0.4, -0.2) is 26.3 Å². The molecular formula is C8H10ClNO6. The van der Waals surface area contributed by atoms with Crippen molar-refractivity contribution >= 4 is 11.6 Å². The topological polar surface area (TPSA) is 68.3 Å². The van der Waals surface area contributed by atoms with E-state index in [4.69, 9.17) is 26.3 Å². The van der Waals surface area contributed by atoms with E-state index in [9.17, 15) is 0 Å². The summed E-state index contributed by atoms with van der Waals surface area (Å²) in [6, 6.07) is 0. The second-order valence-electron chi connectivity index (χ2n) is 2.32. The first-order valence-electron chi connectivity index (χ1n) is 4.05. The van der Waals surface area contributed by atoms with Crippen LogP contribution in [0.2, 0.25) is 5.02 Å². The molecule has 16 heavy (non-hydrogen) atoms. The first kappa shape index (κ1) is 12.8. The largest absolute Gasteiger partial charge is 0.332 e. The van der Waals surface area contributed by atoms with Gasteiger partial charge in [0.15, 0.2) is 0 Å². The Morgan fingerprint density at radius 2 is 1.50 bits per heavy atom. The van der Waals surface area contributed by atoms with Crippen molar-refractivity contribution in [3.63, 3.8) is 0 Å². The van der Waals surface area contributed by atoms with Gasteiger partial charge in [0.1, 0.15) is 5.02 Å². The fourth-order valence-corrected chi connectivity index (χ4v) is 1.06. The zero-order valence-electron chi connectivity index (χ0n) is 8.85. The molecule has 0 aromatic carbocycles. The van der Waals surface area contributed by atoms with Crippen LogP contribution >= 0.6 is 11.6 Å². The van der Waals surface area contributed by atoms with Gasteiger partial charge in [-0.2, -0.15) is 14.7 Å². The molecule has 0 aliphatic carbocycles. The van der Waals surface area contributed by atoms with E-state index in [1.165, 1.54) is 27.5 Å². The molecule has 0 atom stereocenters. The number of halogens is 1. The molecular weight excluding hydrogens is 242 g/mol. The Labute approximate surface area is 96.5 Å². The number of aromatic nitrogens is 1. The van der Waals surface area contributed by atoms with Gasteiger partial charge in [-0.1, -0.05) is 11.6 Å². The molecule has 0 aliphatic rings. The average Bonchev–Trinajstić information content (AvgIpc) is 2.27. The first-order valence-corrected chi connectivity index (χ1v) is 4.42. The molecule has 0 aliphatic heterocycles. The molecule has 0 saturated heterocycles. The lowest BCUT2D eigenvalue weighted by Gasteiger charge is -2.11. The summed E-state index contributed by atoms with van der Waals surface area (Å²) in [6.45, 7) is 0. The summed E-state index contributed by atoms with van der Waals surface area (Å²) < 4.78 is 0. The summed E-state index contributed by atoms with van der Waals surface area (Å²) >= 11 is 5.82. The van der Waals surface area contributed by atoms with E-state index in [0.717, 1.165) is 0 Å². The quantitative estimate of drug-likeness (QED) is 0.561. The van der Waals surface area contributed by atoms with Gasteiger partial charge in [0.05, 0.1) is 27.5 Å². The zero-order valence-corrected chi connectivity index (χ0v) is 9.61. The standard InChI is InChI=1S/C8H10ClNO6/c1-11-14-6-5(9)4-10-8(16-13-3)7(6)15-12-2/h4H,1-3H3. The molecule has 1 rings (SSSR count). The van der Waals surface area contributed by atoms with Crippen LogP contribution < -0.4 is 14.7 Å². The summed E-state index contributed by atoms with van der Waals surface area (Å²) in [5.41, 5.74) is 0. The van der Waals surface area contributed by atoms with Crippen molar-refractivity contribution in [2.75, 3.05) is 21.3 Å². The van der Waals surface area contributed by atoms with Gasteiger partial charge in [-0.25, -0.2) is 4.98 Å². The molecule has 0 spiro atoms. The molecule has 90 valence electrons. The highest BCUT2D eigenvalue weighted by atomic mass is 35.5. The lowest BCUT2D eigenvalue weighted by Crippen LogP contribution is -2.03. The zero-order chi connectivity index (χ0) is 12.0. The van der Waals surface area contributed by atoms with Crippen molar-refractivity contribution in [2.45, 2.75) is 0 Å². The smallest absolute Gasteiger partial charge is 0.306 e. The van der Waals surface area contributed by atoms with E-state index in [-0.39, 0.29) is 22.4 Å². The maximum Gasteiger partial charge on any atom is 0.306 e. The average molecular weight is 252 g/mol. The van der Waals surface area contributed by atoms with E-state index in [1.54, 1.807) is 0 Å². The van der Waals surface area contributed by atoms with Gasteiger partial charge in [-0.3, -0.25) is 0 Å². The lowest BCUT2D eigenvalue weighted by molar-refractivity contribution is -0.215. The molecule has 0 bridgehead atoms. The van der Waals surface area contributed by atoms with Crippen molar-refractivity contribution in [1.29, 1.82) is 0 Å². The van der Waals surface area contributed by atoms with Crippen LogP contribution in [0.5, 0.6) is 17.4 Å². The Morgan fingerprint density at radius 3 is 2.06 bits per heavy atom. The van der Waals surface area contributed by atoms with Crippen LogP contribution in [-0.2, 0) is 14.7 Å². The van der Waals surface area contributed by atoms with Gasteiger partial charge in [-0.15, -0.1) is 0 Å². The molecule has 0 saturated carbocycles. The molecule has 1 heterocycles. The van der Waals surface area contributed by atoms with Gasteiger partial charge < -0.3 is 14.7 Å². The summed E-state index contributed by atoms with van der Waals surface area (Å²) in [5, 5.41) is 0.164. The highest BCUT2D eigenvalue weighted by Crippen LogP contribution is 2.41. The van der Waals surface area contributed by atoms with Crippen molar-refractivity contribution < 1.29 is 29.3 Å². The monoisotopic (exact) mass is 251 g/mol. The number of nitrogens with zero attached hydrogens (tertiary/aromatic N) is 1. The van der Waals surface area contributed by atoms with Crippen molar-refractivity contribution in [3.8, 4) is 17.4 Å². The highest BCUT2D eigenvalue weighted by Gasteiger charge is 2.21. The number of hydrogen-bond acceptors (Lipinski definition) is 7. The van der Waals surface area contributed by atoms with Gasteiger partial charge >= 0.3 is 5.88 Å². The second kappa shape index (κ2) is 6.33. The van der Waals surface area contributed by atoms with E-state index in [1.807, 2.05) is 0 Å². The highest BCUT2D eigenvalue weighted by molar-refractivity contribution is 6.32. The minimum atomic E-state index is -0.0131. The lowest BCUT2D eigenvalue weighted by atomic mass is 10.4. The molecule has 0 unspecified atom stereocenters. The predicted octanol–water partition coefficient (Wildman–Crippen LogP) is 1.56. The van der Waals surface area contributed by atoms with Crippen LogP contribution in [0.15, 0.2) is 6.20 Å². The van der Waals surface area contributed by atoms with Gasteiger partial charge in [0.2, 0.25) is 5.75 Å². The third-order valence-corrected chi connectivity index (χ3v) is 1.68. The van der Waals surface area contributed by atoms with Crippen LogP contribution in [0.4, 0.5) is 0 Å². The van der Waals surface area contributed by atoms with Crippen molar-refractivity contribution in [2.24, 2.45) is 0 Å². The first-order chi connectivity index (χ1) is 7.74. The van der Waals surface area contributed by atoms with Gasteiger partial charge in [0, 0.05) is 0 Å². The molecule has 8 heteroatoms. The Balaban J connectivity index is 3.14. The number of hydrogen-bond donors (Lipinski definition) is 0. The predicted molar refractivity (Wildman–Crippen MR) is 52.2 cm³/mol. The van der Waals surface area contributed by atoms with E-state index in [2.05, 4.69) is 19.6 Å². The van der Waals surface area contributed by atoms with E-state index < -0.39 is 0 Å². The summed E-state index contributed by atoms with van der Waals surface area (Å²) in [4.78, 5) is 31.5. The van der Waals surface area contributed by atoms with Crippen molar-refractivity contribution in [3.05, 3.63) is 11.2 Å². The number of rotatable bonds is 6.